The molecule has 0 saturated heterocycles. The summed E-state index contributed by atoms with van der Waals surface area (Å²) >= 11 is 0. The first-order valence-corrected chi connectivity index (χ1v) is 5.57. The molecule has 0 atom stereocenters. The van der Waals surface area contributed by atoms with E-state index in [9.17, 15) is 4.39 Å². The van der Waals surface area contributed by atoms with E-state index in [-0.39, 0.29) is 5.82 Å². The fourth-order valence-corrected chi connectivity index (χ4v) is 1.86. The predicted molar refractivity (Wildman–Crippen MR) is 71.0 cm³/mol. The molecule has 0 bridgehead atoms. The van der Waals surface area contributed by atoms with E-state index in [2.05, 4.69) is 0 Å². The second-order valence-electron chi connectivity index (χ2n) is 4.06. The number of ether oxygens (including phenoxy) is 1. The molecule has 0 aliphatic rings. The second-order valence-corrected chi connectivity index (χ2v) is 4.06. The van der Waals surface area contributed by atoms with Crippen molar-refractivity contribution in [1.82, 2.24) is 0 Å². The van der Waals surface area contributed by atoms with E-state index in [1.165, 1.54) is 12.1 Å². The van der Waals surface area contributed by atoms with Gasteiger partial charge >= 0.3 is 0 Å². The van der Waals surface area contributed by atoms with E-state index < -0.39 is 0 Å². The number of nitrogens with two attached hydrogens (primary N) is 2. The first-order valence-electron chi connectivity index (χ1n) is 5.57. The van der Waals surface area contributed by atoms with Crippen molar-refractivity contribution < 1.29 is 9.13 Å². The number of nitrogen functional groups attached to an aromatic ring is 2. The van der Waals surface area contributed by atoms with E-state index in [1.807, 2.05) is 6.07 Å². The Morgan fingerprint density at radius 3 is 2.33 bits per heavy atom. The average molecular weight is 246 g/mol. The fourth-order valence-electron chi connectivity index (χ4n) is 1.86. The Morgan fingerprint density at radius 1 is 1.06 bits per heavy atom. The Bertz CT molecular complexity index is 552. The van der Waals surface area contributed by atoms with E-state index in [1.54, 1.807) is 25.3 Å². The van der Waals surface area contributed by atoms with Crippen molar-refractivity contribution in [3.8, 4) is 5.75 Å². The summed E-state index contributed by atoms with van der Waals surface area (Å²) in [6.07, 6.45) is 0.619. The maximum absolute atomic E-state index is 12.8. The van der Waals surface area contributed by atoms with Gasteiger partial charge in [0.05, 0.1) is 18.5 Å². The minimum atomic E-state index is -0.248. The van der Waals surface area contributed by atoms with Crippen LogP contribution >= 0.6 is 0 Å². The highest BCUT2D eigenvalue weighted by Gasteiger charge is 2.10. The molecule has 94 valence electrons. The maximum Gasteiger partial charge on any atom is 0.147 e. The number of methoxy groups -OCH3 is 1. The van der Waals surface area contributed by atoms with E-state index in [0.717, 1.165) is 11.1 Å². The Hall–Kier alpha value is -2.23. The molecule has 0 aromatic heterocycles. The lowest BCUT2D eigenvalue weighted by Crippen LogP contribution is -2.02. The molecule has 18 heavy (non-hydrogen) atoms. The normalized spacial score (nSPS) is 10.3. The molecule has 2 aromatic rings. The van der Waals surface area contributed by atoms with Gasteiger partial charge in [-0.3, -0.25) is 0 Å². The number of halogens is 1. The second kappa shape index (κ2) is 4.96. The van der Waals surface area contributed by atoms with Crippen LogP contribution in [-0.2, 0) is 6.42 Å². The molecule has 0 radical (unpaired) electrons. The molecule has 4 heteroatoms. The number of rotatable bonds is 3. The van der Waals surface area contributed by atoms with E-state index in [4.69, 9.17) is 16.2 Å². The zero-order valence-electron chi connectivity index (χ0n) is 10.1. The van der Waals surface area contributed by atoms with E-state index in [0.29, 0.717) is 23.5 Å². The van der Waals surface area contributed by atoms with Gasteiger partial charge in [0.1, 0.15) is 11.6 Å². The lowest BCUT2D eigenvalue weighted by molar-refractivity contribution is 0.413. The van der Waals surface area contributed by atoms with Gasteiger partial charge in [0.25, 0.3) is 0 Å². The van der Waals surface area contributed by atoms with Gasteiger partial charge in [-0.1, -0.05) is 18.2 Å². The van der Waals surface area contributed by atoms with Crippen LogP contribution < -0.4 is 16.2 Å². The highest BCUT2D eigenvalue weighted by molar-refractivity contribution is 5.73. The average Bonchev–Trinajstić information content (AvgIpc) is 2.37. The van der Waals surface area contributed by atoms with Crippen molar-refractivity contribution in [2.45, 2.75) is 6.42 Å². The summed E-state index contributed by atoms with van der Waals surface area (Å²) in [6.45, 7) is 0. The Labute approximate surface area is 105 Å². The molecule has 0 aliphatic carbocycles. The van der Waals surface area contributed by atoms with Crippen molar-refractivity contribution in [3.05, 3.63) is 53.3 Å². The first-order chi connectivity index (χ1) is 8.61. The summed E-state index contributed by atoms with van der Waals surface area (Å²) < 4.78 is 18.1. The van der Waals surface area contributed by atoms with Crippen LogP contribution in [0.4, 0.5) is 15.8 Å². The van der Waals surface area contributed by atoms with Crippen LogP contribution in [0.2, 0.25) is 0 Å². The van der Waals surface area contributed by atoms with Gasteiger partial charge in [0.2, 0.25) is 0 Å². The highest BCUT2D eigenvalue weighted by Crippen LogP contribution is 2.32. The van der Waals surface area contributed by atoms with Crippen molar-refractivity contribution in [2.24, 2.45) is 0 Å². The first kappa shape index (κ1) is 12.2. The molecular weight excluding hydrogens is 231 g/mol. The number of hydrogen-bond donors (Lipinski definition) is 2. The van der Waals surface area contributed by atoms with Gasteiger partial charge in [-0.05, 0) is 23.8 Å². The Kier molecular flexibility index (Phi) is 3.37. The fraction of sp³-hybridized carbons (Fsp3) is 0.143. The third kappa shape index (κ3) is 2.37. The standard InChI is InChI=1S/C14H15FN2O/c1-18-14-10(4-7-12(16)13(14)17)8-9-2-5-11(15)6-3-9/h2-7H,8,16-17H2,1H3. The molecule has 2 aromatic carbocycles. The molecule has 3 nitrogen and oxygen atoms in total. The third-order valence-corrected chi connectivity index (χ3v) is 2.82. The third-order valence-electron chi connectivity index (χ3n) is 2.82. The van der Waals surface area contributed by atoms with Crippen LogP contribution in [0.5, 0.6) is 5.75 Å². The maximum atomic E-state index is 12.8. The summed E-state index contributed by atoms with van der Waals surface area (Å²) in [4.78, 5) is 0. The van der Waals surface area contributed by atoms with Gasteiger partial charge in [0.15, 0.2) is 0 Å². The molecule has 2 rings (SSSR count). The van der Waals surface area contributed by atoms with E-state index >= 15 is 0 Å². The minimum Gasteiger partial charge on any atom is -0.494 e. The molecule has 0 unspecified atom stereocenters. The largest absolute Gasteiger partial charge is 0.494 e. The molecule has 0 fully saturated rings. The summed E-state index contributed by atoms with van der Waals surface area (Å²) in [7, 11) is 1.55. The van der Waals surface area contributed by atoms with Crippen LogP contribution in [0, 0.1) is 5.82 Å². The van der Waals surface area contributed by atoms with Gasteiger partial charge in [-0.25, -0.2) is 4.39 Å². The molecule has 0 aliphatic heterocycles. The summed E-state index contributed by atoms with van der Waals surface area (Å²) in [5.74, 6) is 0.335. The SMILES string of the molecule is COc1c(Cc2ccc(F)cc2)ccc(N)c1N. The Morgan fingerprint density at radius 2 is 1.72 bits per heavy atom. The number of benzene rings is 2. The van der Waals surface area contributed by atoms with Crippen molar-refractivity contribution >= 4 is 11.4 Å². The van der Waals surface area contributed by atoms with Crippen LogP contribution in [0.3, 0.4) is 0 Å². The zero-order valence-corrected chi connectivity index (χ0v) is 10.1. The molecule has 0 spiro atoms. The van der Waals surface area contributed by atoms with Crippen molar-refractivity contribution in [1.29, 1.82) is 0 Å². The van der Waals surface area contributed by atoms with Crippen molar-refractivity contribution in [3.63, 3.8) is 0 Å². The Balaban J connectivity index is 2.34. The minimum absolute atomic E-state index is 0.248. The quantitative estimate of drug-likeness (QED) is 0.818. The topological polar surface area (TPSA) is 61.3 Å². The van der Waals surface area contributed by atoms with Gasteiger partial charge in [-0.15, -0.1) is 0 Å². The summed E-state index contributed by atoms with van der Waals surface area (Å²) in [5.41, 5.74) is 14.4. The molecule has 0 saturated carbocycles. The summed E-state index contributed by atoms with van der Waals surface area (Å²) in [5, 5.41) is 0. The molecular formula is C14H15FN2O. The number of anilines is 2. The van der Waals surface area contributed by atoms with Gasteiger partial charge in [0, 0.05) is 12.0 Å². The monoisotopic (exact) mass is 246 g/mol. The lowest BCUT2D eigenvalue weighted by Gasteiger charge is -2.13. The smallest absolute Gasteiger partial charge is 0.147 e. The number of hydrogen-bond acceptors (Lipinski definition) is 3. The molecule has 0 amide bonds. The summed E-state index contributed by atoms with van der Waals surface area (Å²) in [6, 6.07) is 9.96. The van der Waals surface area contributed by atoms with Gasteiger partial charge < -0.3 is 16.2 Å². The zero-order chi connectivity index (χ0) is 13.1. The van der Waals surface area contributed by atoms with Crippen LogP contribution in [0.1, 0.15) is 11.1 Å². The molecule has 0 heterocycles. The van der Waals surface area contributed by atoms with Crippen LogP contribution in [0.15, 0.2) is 36.4 Å². The predicted octanol–water partition coefficient (Wildman–Crippen LogP) is 2.59. The lowest BCUT2D eigenvalue weighted by atomic mass is 10.0. The van der Waals surface area contributed by atoms with Crippen LogP contribution in [0.25, 0.3) is 0 Å². The highest BCUT2D eigenvalue weighted by atomic mass is 19.1. The van der Waals surface area contributed by atoms with Crippen molar-refractivity contribution in [2.75, 3.05) is 18.6 Å². The van der Waals surface area contributed by atoms with Gasteiger partial charge in [-0.2, -0.15) is 0 Å². The van der Waals surface area contributed by atoms with Crippen LogP contribution in [-0.4, -0.2) is 7.11 Å². The molecule has 4 N–H and O–H groups in total.